The molecule has 0 bridgehead atoms. The van der Waals surface area contributed by atoms with Crippen LogP contribution in [0, 0.1) is 0 Å². The molecule has 1 N–H and O–H groups in total. The molecule has 0 amide bonds. The summed E-state index contributed by atoms with van der Waals surface area (Å²) in [7, 11) is -1.78. The summed E-state index contributed by atoms with van der Waals surface area (Å²) in [6, 6.07) is 6.56. The predicted molar refractivity (Wildman–Crippen MR) is 80.6 cm³/mol. The summed E-state index contributed by atoms with van der Waals surface area (Å²) >= 11 is 0. The van der Waals surface area contributed by atoms with Crippen molar-refractivity contribution < 1.29 is 13.2 Å². The maximum atomic E-state index is 12.2. The van der Waals surface area contributed by atoms with Crippen LogP contribution in [0.2, 0.25) is 0 Å². The summed E-state index contributed by atoms with van der Waals surface area (Å²) in [5.41, 5.74) is 0. The van der Waals surface area contributed by atoms with Gasteiger partial charge in [-0.25, -0.2) is 12.7 Å². The van der Waals surface area contributed by atoms with E-state index in [9.17, 15) is 8.42 Å². The van der Waals surface area contributed by atoms with Gasteiger partial charge in [-0.2, -0.15) is 0 Å². The monoisotopic (exact) mass is 300 g/mol. The summed E-state index contributed by atoms with van der Waals surface area (Å²) in [6.07, 6.45) is 0.793. The van der Waals surface area contributed by atoms with Crippen molar-refractivity contribution in [2.24, 2.45) is 0 Å². The quantitative estimate of drug-likeness (QED) is 0.705. The van der Waals surface area contributed by atoms with E-state index >= 15 is 0 Å². The molecule has 114 valence electrons. The Labute approximate surface area is 122 Å². The highest BCUT2D eigenvalue weighted by Gasteiger charge is 2.19. The van der Waals surface area contributed by atoms with Crippen LogP contribution in [-0.2, 0) is 10.0 Å². The van der Waals surface area contributed by atoms with E-state index in [1.54, 1.807) is 31.3 Å². The molecular weight excluding hydrogens is 276 g/mol. The van der Waals surface area contributed by atoms with E-state index in [1.165, 1.54) is 4.31 Å². The Bertz CT molecular complexity index is 486. The normalized spacial score (nSPS) is 11.8. The Morgan fingerprint density at radius 2 is 1.85 bits per heavy atom. The van der Waals surface area contributed by atoms with Crippen LogP contribution in [0.4, 0.5) is 0 Å². The van der Waals surface area contributed by atoms with Gasteiger partial charge in [-0.15, -0.1) is 0 Å². The summed E-state index contributed by atoms with van der Waals surface area (Å²) in [5, 5.41) is 3.16. The molecule has 1 aromatic carbocycles. The number of hydrogen-bond acceptors (Lipinski definition) is 4. The Morgan fingerprint density at radius 1 is 1.20 bits per heavy atom. The smallest absolute Gasteiger partial charge is 0.242 e. The van der Waals surface area contributed by atoms with Gasteiger partial charge in [0.25, 0.3) is 0 Å². The lowest BCUT2D eigenvalue weighted by Gasteiger charge is -2.16. The van der Waals surface area contributed by atoms with Crippen LogP contribution in [0.1, 0.15) is 20.3 Å². The number of benzene rings is 1. The number of hydrogen-bond donors (Lipinski definition) is 1. The van der Waals surface area contributed by atoms with Crippen molar-refractivity contribution in [2.45, 2.75) is 25.2 Å². The topological polar surface area (TPSA) is 58.6 Å². The van der Waals surface area contributed by atoms with Crippen molar-refractivity contribution in [1.29, 1.82) is 0 Å². The predicted octanol–water partition coefficient (Wildman–Crippen LogP) is 1.71. The molecule has 1 rings (SSSR count). The number of rotatable bonds is 9. The van der Waals surface area contributed by atoms with Gasteiger partial charge in [0.05, 0.1) is 4.90 Å². The van der Waals surface area contributed by atoms with Crippen molar-refractivity contribution in [1.82, 2.24) is 9.62 Å². The Hall–Kier alpha value is -1.11. The van der Waals surface area contributed by atoms with Gasteiger partial charge in [0.15, 0.2) is 0 Å². The third-order valence-corrected chi connectivity index (χ3v) is 4.74. The van der Waals surface area contributed by atoms with Crippen molar-refractivity contribution >= 4 is 10.0 Å². The molecule has 0 saturated heterocycles. The Balaban J connectivity index is 2.66. The van der Waals surface area contributed by atoms with E-state index in [4.69, 9.17) is 4.74 Å². The van der Waals surface area contributed by atoms with E-state index in [0.717, 1.165) is 19.5 Å². The number of sulfonamides is 1. The van der Waals surface area contributed by atoms with Crippen molar-refractivity contribution in [3.8, 4) is 5.75 Å². The SMILES string of the molecule is CCCN(C)S(=O)(=O)c1ccc(OCCNCC)cc1. The van der Waals surface area contributed by atoms with E-state index < -0.39 is 10.0 Å². The summed E-state index contributed by atoms with van der Waals surface area (Å²) < 4.78 is 31.3. The molecule has 5 nitrogen and oxygen atoms in total. The molecule has 0 aliphatic heterocycles. The fourth-order valence-corrected chi connectivity index (χ4v) is 3.00. The van der Waals surface area contributed by atoms with Gasteiger partial charge >= 0.3 is 0 Å². The molecule has 0 aliphatic rings. The molecule has 0 radical (unpaired) electrons. The highest BCUT2D eigenvalue weighted by Crippen LogP contribution is 2.18. The standard InChI is InChI=1S/C14H24N2O3S/c1-4-11-16(3)20(17,18)14-8-6-13(7-9-14)19-12-10-15-5-2/h6-9,15H,4-5,10-12H2,1-3H3. The second-order valence-corrected chi connectivity index (χ2v) is 6.54. The molecule has 0 aliphatic carbocycles. The maximum absolute atomic E-state index is 12.2. The highest BCUT2D eigenvalue weighted by molar-refractivity contribution is 7.89. The molecule has 0 saturated carbocycles. The molecule has 6 heteroatoms. The van der Waals surface area contributed by atoms with Gasteiger partial charge < -0.3 is 10.1 Å². The third-order valence-electron chi connectivity index (χ3n) is 2.87. The number of likely N-dealkylation sites (N-methyl/N-ethyl adjacent to an activating group) is 1. The van der Waals surface area contributed by atoms with Crippen LogP contribution in [0.25, 0.3) is 0 Å². The van der Waals surface area contributed by atoms with Crippen LogP contribution in [0.3, 0.4) is 0 Å². The molecule has 0 fully saturated rings. The molecule has 0 heterocycles. The lowest BCUT2D eigenvalue weighted by molar-refractivity contribution is 0.315. The second-order valence-electron chi connectivity index (χ2n) is 4.50. The van der Waals surface area contributed by atoms with Crippen LogP contribution in [-0.4, -0.2) is 46.0 Å². The number of nitrogens with zero attached hydrogens (tertiary/aromatic N) is 1. The van der Waals surface area contributed by atoms with Gasteiger partial charge in [-0.3, -0.25) is 0 Å². The molecule has 0 spiro atoms. The Kier molecular flexibility index (Phi) is 6.98. The first-order chi connectivity index (χ1) is 9.52. The van der Waals surface area contributed by atoms with E-state index in [-0.39, 0.29) is 0 Å². The van der Waals surface area contributed by atoms with Crippen molar-refractivity contribution in [3.63, 3.8) is 0 Å². The van der Waals surface area contributed by atoms with Crippen molar-refractivity contribution in [2.75, 3.05) is 33.3 Å². The fraction of sp³-hybridized carbons (Fsp3) is 0.571. The summed E-state index contributed by atoms with van der Waals surface area (Å²) in [6.45, 7) is 6.75. The van der Waals surface area contributed by atoms with Gasteiger partial charge in [-0.05, 0) is 37.2 Å². The van der Waals surface area contributed by atoms with Gasteiger partial charge in [-0.1, -0.05) is 13.8 Å². The summed E-state index contributed by atoms with van der Waals surface area (Å²) in [4.78, 5) is 0.299. The fourth-order valence-electron chi connectivity index (χ4n) is 1.74. The van der Waals surface area contributed by atoms with Crippen molar-refractivity contribution in [3.05, 3.63) is 24.3 Å². The van der Waals surface area contributed by atoms with Crippen LogP contribution in [0.5, 0.6) is 5.75 Å². The average molecular weight is 300 g/mol. The average Bonchev–Trinajstić information content (AvgIpc) is 2.44. The zero-order valence-corrected chi connectivity index (χ0v) is 13.2. The van der Waals surface area contributed by atoms with Crippen LogP contribution >= 0.6 is 0 Å². The zero-order valence-electron chi connectivity index (χ0n) is 12.4. The van der Waals surface area contributed by atoms with E-state index in [0.29, 0.717) is 23.8 Å². The minimum atomic E-state index is -3.38. The molecular formula is C14H24N2O3S. The molecule has 1 aromatic rings. The third kappa shape index (κ3) is 4.77. The Morgan fingerprint density at radius 3 is 2.40 bits per heavy atom. The minimum absolute atomic E-state index is 0.299. The lowest BCUT2D eigenvalue weighted by atomic mass is 10.3. The second kappa shape index (κ2) is 8.24. The first kappa shape index (κ1) is 16.9. The van der Waals surface area contributed by atoms with Crippen LogP contribution < -0.4 is 10.1 Å². The first-order valence-corrected chi connectivity index (χ1v) is 8.36. The molecule has 0 aromatic heterocycles. The van der Waals surface area contributed by atoms with E-state index in [2.05, 4.69) is 5.32 Å². The molecule has 0 unspecified atom stereocenters. The van der Waals surface area contributed by atoms with Gasteiger partial charge in [0.1, 0.15) is 12.4 Å². The number of nitrogens with one attached hydrogen (secondary N) is 1. The molecule has 20 heavy (non-hydrogen) atoms. The minimum Gasteiger partial charge on any atom is -0.492 e. The van der Waals surface area contributed by atoms with Gasteiger partial charge in [0, 0.05) is 20.1 Å². The highest BCUT2D eigenvalue weighted by atomic mass is 32.2. The van der Waals surface area contributed by atoms with E-state index in [1.807, 2.05) is 13.8 Å². The maximum Gasteiger partial charge on any atom is 0.242 e. The largest absolute Gasteiger partial charge is 0.492 e. The number of ether oxygens (including phenoxy) is 1. The summed E-state index contributed by atoms with van der Waals surface area (Å²) in [5.74, 6) is 0.681. The van der Waals surface area contributed by atoms with Gasteiger partial charge in [0.2, 0.25) is 10.0 Å². The lowest BCUT2D eigenvalue weighted by Crippen LogP contribution is -2.27. The first-order valence-electron chi connectivity index (χ1n) is 6.92. The molecule has 0 atom stereocenters. The van der Waals surface area contributed by atoms with Crippen LogP contribution in [0.15, 0.2) is 29.2 Å². The zero-order chi connectivity index (χ0) is 15.0.